The van der Waals surface area contributed by atoms with E-state index in [1.807, 2.05) is 0 Å². The first-order valence-electron chi connectivity index (χ1n) is 11.6. The van der Waals surface area contributed by atoms with Crippen molar-refractivity contribution in [3.05, 3.63) is 86.5 Å². The lowest BCUT2D eigenvalue weighted by molar-refractivity contribution is -0.138. The SMILES string of the molecule is COC(=O)C1=C(C)N(c2cccc(C(F)(F)F)c2)c2n[nH]c(=O)n2C1c1ccc(C#N)cc1CCSC(C)=O. The molecule has 0 amide bonds. The number of benzene rings is 2. The number of hydrogen-bond acceptors (Lipinski definition) is 8. The largest absolute Gasteiger partial charge is 0.466 e. The summed E-state index contributed by atoms with van der Waals surface area (Å²) in [6.07, 6.45) is -4.30. The Bertz CT molecular complexity index is 1590. The molecular weight excluding hydrogens is 535 g/mol. The zero-order valence-corrected chi connectivity index (χ0v) is 21.8. The first-order valence-corrected chi connectivity index (χ1v) is 12.6. The quantitative estimate of drug-likeness (QED) is 0.441. The monoisotopic (exact) mass is 557 g/mol. The topological polar surface area (TPSA) is 121 Å². The van der Waals surface area contributed by atoms with E-state index in [0.717, 1.165) is 31.0 Å². The third-order valence-electron chi connectivity index (χ3n) is 6.22. The second-order valence-corrected chi connectivity index (χ2v) is 9.86. The molecule has 0 radical (unpaired) electrons. The summed E-state index contributed by atoms with van der Waals surface area (Å²) in [7, 11) is 1.16. The van der Waals surface area contributed by atoms with Crippen LogP contribution in [-0.4, -0.2) is 38.7 Å². The fraction of sp³-hybridized carbons (Fsp3) is 0.269. The third-order valence-corrected chi connectivity index (χ3v) is 7.04. The van der Waals surface area contributed by atoms with E-state index in [1.54, 1.807) is 12.1 Å². The number of nitrogens with zero attached hydrogens (tertiary/aromatic N) is 4. The van der Waals surface area contributed by atoms with Gasteiger partial charge in [-0.1, -0.05) is 23.9 Å². The van der Waals surface area contributed by atoms with Gasteiger partial charge in [0.25, 0.3) is 0 Å². The minimum absolute atomic E-state index is 0.00362. The molecule has 2 heterocycles. The number of nitriles is 1. The van der Waals surface area contributed by atoms with Crippen molar-refractivity contribution in [3.63, 3.8) is 0 Å². The summed E-state index contributed by atoms with van der Waals surface area (Å²) >= 11 is 1.09. The Morgan fingerprint density at radius 3 is 2.62 bits per heavy atom. The molecule has 4 rings (SSSR count). The number of rotatable bonds is 6. The summed E-state index contributed by atoms with van der Waals surface area (Å²) < 4.78 is 46.7. The first-order chi connectivity index (χ1) is 18.5. The lowest BCUT2D eigenvalue weighted by Gasteiger charge is -2.36. The number of alkyl halides is 3. The van der Waals surface area contributed by atoms with Crippen LogP contribution in [0.4, 0.5) is 24.8 Å². The molecule has 202 valence electrons. The smallest absolute Gasteiger partial charge is 0.416 e. The number of aryl methyl sites for hydroxylation is 1. The number of carbonyl (C=O) groups excluding carboxylic acids is 2. The Morgan fingerprint density at radius 2 is 1.97 bits per heavy atom. The van der Waals surface area contributed by atoms with Crippen LogP contribution in [0.15, 0.2) is 58.5 Å². The molecule has 3 aromatic rings. The van der Waals surface area contributed by atoms with E-state index < -0.39 is 29.4 Å². The highest BCUT2D eigenvalue weighted by atomic mass is 32.2. The standard InChI is InChI=1S/C26H22F3N5O4S/c1-14-21(23(36)38-3)22(20-8-7-16(13-30)11-17(20)9-10-39-15(2)35)34-24(31-32-25(34)37)33(14)19-6-4-5-18(12-19)26(27,28)29/h4-8,11-12,22H,9-10H2,1-3H3,(H,32,37). The Balaban J connectivity index is 1.98. The van der Waals surface area contributed by atoms with E-state index in [1.165, 1.54) is 41.5 Å². The molecule has 2 aromatic carbocycles. The van der Waals surface area contributed by atoms with Crippen molar-refractivity contribution in [2.45, 2.75) is 32.5 Å². The molecule has 39 heavy (non-hydrogen) atoms. The summed E-state index contributed by atoms with van der Waals surface area (Å²) in [5, 5.41) is 15.8. The lowest BCUT2D eigenvalue weighted by Crippen LogP contribution is -2.38. The second-order valence-electron chi connectivity index (χ2n) is 8.59. The number of halogens is 3. The summed E-state index contributed by atoms with van der Waals surface area (Å²) in [4.78, 5) is 39.1. The van der Waals surface area contributed by atoms with E-state index in [-0.39, 0.29) is 28.0 Å². The predicted octanol–water partition coefficient (Wildman–Crippen LogP) is 4.47. The second kappa shape index (κ2) is 10.8. The number of methoxy groups -OCH3 is 1. The number of carbonyl (C=O) groups is 2. The summed E-state index contributed by atoms with van der Waals surface area (Å²) in [5.41, 5.74) is 0.0103. The van der Waals surface area contributed by atoms with Gasteiger partial charge in [0.1, 0.15) is 6.04 Å². The number of fused-ring (bicyclic) bond motifs is 1. The summed E-state index contributed by atoms with van der Waals surface area (Å²) in [5.74, 6) is -0.464. The van der Waals surface area contributed by atoms with Crippen molar-refractivity contribution in [3.8, 4) is 6.07 Å². The van der Waals surface area contributed by atoms with Gasteiger partial charge in [0, 0.05) is 24.1 Å². The number of ether oxygens (including phenoxy) is 1. The van der Waals surface area contributed by atoms with Crippen LogP contribution in [-0.2, 0) is 26.9 Å². The molecule has 1 N–H and O–H groups in total. The Hall–Kier alpha value is -4.31. The Kier molecular flexibility index (Phi) is 7.69. The molecule has 13 heteroatoms. The number of hydrogen-bond donors (Lipinski definition) is 1. The Labute approximate surface area is 224 Å². The van der Waals surface area contributed by atoms with Crippen LogP contribution >= 0.6 is 11.8 Å². The van der Waals surface area contributed by atoms with Crippen LogP contribution in [0, 0.1) is 11.3 Å². The van der Waals surface area contributed by atoms with E-state index >= 15 is 0 Å². The van der Waals surface area contributed by atoms with Crippen LogP contribution in [0.2, 0.25) is 0 Å². The molecule has 1 aliphatic rings. The van der Waals surface area contributed by atoms with Crippen LogP contribution in [0.5, 0.6) is 0 Å². The molecule has 1 unspecified atom stereocenters. The zero-order chi connectivity index (χ0) is 28.5. The van der Waals surface area contributed by atoms with Crippen LogP contribution in [0.3, 0.4) is 0 Å². The van der Waals surface area contributed by atoms with Gasteiger partial charge >= 0.3 is 17.8 Å². The van der Waals surface area contributed by atoms with Crippen molar-refractivity contribution in [2.24, 2.45) is 0 Å². The van der Waals surface area contributed by atoms with E-state index in [4.69, 9.17) is 4.74 Å². The van der Waals surface area contributed by atoms with E-state index in [0.29, 0.717) is 28.9 Å². The van der Waals surface area contributed by atoms with Crippen LogP contribution in [0.1, 0.15) is 42.1 Å². The number of H-pyrrole nitrogens is 1. The van der Waals surface area contributed by atoms with Gasteiger partial charge < -0.3 is 4.74 Å². The normalized spacial score (nSPS) is 15.1. The maximum atomic E-state index is 13.5. The van der Waals surface area contributed by atoms with Crippen molar-refractivity contribution in [2.75, 3.05) is 17.8 Å². The minimum Gasteiger partial charge on any atom is -0.466 e. The summed E-state index contributed by atoms with van der Waals surface area (Å²) in [6, 6.07) is 10.2. The average Bonchev–Trinajstić information content (AvgIpc) is 3.27. The molecule has 1 aliphatic heterocycles. The van der Waals surface area contributed by atoms with Crippen LogP contribution < -0.4 is 10.6 Å². The fourth-order valence-corrected chi connectivity index (χ4v) is 5.15. The molecule has 0 saturated carbocycles. The number of esters is 1. The maximum absolute atomic E-state index is 13.5. The van der Waals surface area contributed by atoms with Crippen LogP contribution in [0.25, 0.3) is 0 Å². The van der Waals surface area contributed by atoms with E-state index in [9.17, 15) is 32.8 Å². The highest BCUT2D eigenvalue weighted by molar-refractivity contribution is 8.13. The molecular formula is C26H22F3N5O4S. The highest BCUT2D eigenvalue weighted by Gasteiger charge is 2.41. The predicted molar refractivity (Wildman–Crippen MR) is 137 cm³/mol. The van der Waals surface area contributed by atoms with Crippen molar-refractivity contribution in [1.29, 1.82) is 5.26 Å². The zero-order valence-electron chi connectivity index (χ0n) is 21.0. The fourth-order valence-electron chi connectivity index (χ4n) is 4.54. The number of nitrogens with one attached hydrogen (secondary N) is 1. The number of thioether (sulfide) groups is 1. The molecule has 9 nitrogen and oxygen atoms in total. The molecule has 0 aliphatic carbocycles. The van der Waals surface area contributed by atoms with Gasteiger partial charge in [-0.2, -0.15) is 18.4 Å². The molecule has 1 atom stereocenters. The van der Waals surface area contributed by atoms with Gasteiger partial charge in [0.05, 0.1) is 29.9 Å². The molecule has 1 aromatic heterocycles. The van der Waals surface area contributed by atoms with Crippen molar-refractivity contribution >= 4 is 34.5 Å². The van der Waals surface area contributed by atoms with Gasteiger partial charge in [0.15, 0.2) is 5.12 Å². The number of aromatic amines is 1. The average molecular weight is 558 g/mol. The molecule has 0 bridgehead atoms. The van der Waals surface area contributed by atoms with E-state index in [2.05, 4.69) is 16.3 Å². The molecule has 0 fully saturated rings. The molecule has 0 saturated heterocycles. The van der Waals surface area contributed by atoms with Crippen molar-refractivity contribution < 1.29 is 27.5 Å². The third kappa shape index (κ3) is 5.33. The number of anilines is 2. The number of allylic oxidation sites excluding steroid dienone is 1. The van der Waals surface area contributed by atoms with Crippen molar-refractivity contribution in [1.82, 2.24) is 14.8 Å². The number of aromatic nitrogens is 3. The minimum atomic E-state index is -4.63. The van der Waals surface area contributed by atoms with Gasteiger partial charge in [-0.05, 0) is 54.8 Å². The highest BCUT2D eigenvalue weighted by Crippen LogP contribution is 2.43. The van der Waals surface area contributed by atoms with Gasteiger partial charge in [0.2, 0.25) is 5.95 Å². The molecule has 0 spiro atoms. The van der Waals surface area contributed by atoms with Gasteiger partial charge in [-0.15, -0.1) is 5.10 Å². The van der Waals surface area contributed by atoms with Gasteiger partial charge in [-0.3, -0.25) is 9.69 Å². The maximum Gasteiger partial charge on any atom is 0.416 e. The first kappa shape index (κ1) is 27.7. The Morgan fingerprint density at radius 1 is 1.23 bits per heavy atom. The van der Waals surface area contributed by atoms with Gasteiger partial charge in [-0.25, -0.2) is 19.3 Å². The summed E-state index contributed by atoms with van der Waals surface area (Å²) in [6.45, 7) is 2.96. The lowest BCUT2D eigenvalue weighted by atomic mass is 9.89.